The van der Waals surface area contributed by atoms with Crippen molar-refractivity contribution in [2.75, 3.05) is 32.4 Å². The van der Waals surface area contributed by atoms with E-state index in [9.17, 15) is 4.79 Å². The lowest BCUT2D eigenvalue weighted by Crippen LogP contribution is -2.14. The molecule has 0 saturated heterocycles. The third-order valence-electron chi connectivity index (χ3n) is 3.36. The van der Waals surface area contributed by atoms with E-state index < -0.39 is 0 Å². The number of rotatable bonds is 8. The molecule has 0 heterocycles. The number of thioether (sulfide) groups is 1. The Morgan fingerprint density at radius 2 is 1.64 bits per heavy atom. The van der Waals surface area contributed by atoms with Gasteiger partial charge < -0.3 is 19.5 Å². The smallest absolute Gasteiger partial charge is 0.234 e. The first-order valence-corrected chi connectivity index (χ1v) is 9.44. The van der Waals surface area contributed by atoms with E-state index in [1.54, 1.807) is 23.9 Å². The van der Waals surface area contributed by atoms with Crippen LogP contribution in [0.4, 0.5) is 5.69 Å². The van der Waals surface area contributed by atoms with Crippen LogP contribution in [-0.4, -0.2) is 33.0 Å². The van der Waals surface area contributed by atoms with Crippen LogP contribution in [-0.2, 0) is 10.5 Å². The van der Waals surface area contributed by atoms with Gasteiger partial charge in [-0.15, -0.1) is 11.8 Å². The van der Waals surface area contributed by atoms with E-state index in [4.69, 9.17) is 14.2 Å². The maximum absolute atomic E-state index is 12.2. The van der Waals surface area contributed by atoms with Crippen LogP contribution in [0.3, 0.4) is 0 Å². The highest BCUT2D eigenvalue weighted by molar-refractivity contribution is 9.10. The topological polar surface area (TPSA) is 56.8 Å². The van der Waals surface area contributed by atoms with Crippen LogP contribution in [0.2, 0.25) is 0 Å². The van der Waals surface area contributed by atoms with Crippen LogP contribution in [0.5, 0.6) is 17.2 Å². The number of benzene rings is 2. The van der Waals surface area contributed by atoms with Gasteiger partial charge in [-0.25, -0.2) is 0 Å². The summed E-state index contributed by atoms with van der Waals surface area (Å²) >= 11 is 4.96. The first-order valence-electron chi connectivity index (χ1n) is 7.49. The average Bonchev–Trinajstić information content (AvgIpc) is 2.62. The minimum atomic E-state index is -0.0867. The van der Waals surface area contributed by atoms with E-state index in [0.717, 1.165) is 10.2 Å². The molecule has 2 aromatic carbocycles. The normalized spacial score (nSPS) is 10.2. The third-order valence-corrected chi connectivity index (χ3v) is 4.90. The van der Waals surface area contributed by atoms with Crippen molar-refractivity contribution in [1.29, 1.82) is 0 Å². The largest absolute Gasteiger partial charge is 0.493 e. The van der Waals surface area contributed by atoms with E-state index in [2.05, 4.69) is 21.2 Å². The Morgan fingerprint density at radius 1 is 1.04 bits per heavy atom. The van der Waals surface area contributed by atoms with Crippen LogP contribution in [0.1, 0.15) is 5.56 Å². The van der Waals surface area contributed by atoms with E-state index >= 15 is 0 Å². The minimum absolute atomic E-state index is 0.0867. The molecule has 25 heavy (non-hydrogen) atoms. The maximum Gasteiger partial charge on any atom is 0.234 e. The number of hydrogen-bond acceptors (Lipinski definition) is 5. The molecule has 0 aliphatic heterocycles. The highest BCUT2D eigenvalue weighted by Gasteiger charge is 2.14. The summed E-state index contributed by atoms with van der Waals surface area (Å²) in [5.74, 6) is 2.53. The van der Waals surface area contributed by atoms with Crippen LogP contribution >= 0.6 is 27.7 Å². The first-order chi connectivity index (χ1) is 12.1. The van der Waals surface area contributed by atoms with Crippen LogP contribution in [0.15, 0.2) is 40.9 Å². The van der Waals surface area contributed by atoms with Crippen molar-refractivity contribution in [3.05, 3.63) is 46.4 Å². The summed E-state index contributed by atoms with van der Waals surface area (Å²) < 4.78 is 16.9. The Labute approximate surface area is 160 Å². The molecule has 134 valence electrons. The van der Waals surface area contributed by atoms with Crippen LogP contribution in [0, 0.1) is 0 Å². The van der Waals surface area contributed by atoms with Gasteiger partial charge in [-0.2, -0.15) is 0 Å². The van der Waals surface area contributed by atoms with Crippen molar-refractivity contribution in [1.82, 2.24) is 0 Å². The van der Waals surface area contributed by atoms with Gasteiger partial charge in [0.2, 0.25) is 11.7 Å². The Kier molecular flexibility index (Phi) is 7.46. The molecule has 2 rings (SSSR count). The average molecular weight is 426 g/mol. The number of hydrogen-bond donors (Lipinski definition) is 1. The highest BCUT2D eigenvalue weighted by atomic mass is 79.9. The molecule has 5 nitrogen and oxygen atoms in total. The number of ether oxygens (including phenoxy) is 3. The zero-order valence-electron chi connectivity index (χ0n) is 14.3. The monoisotopic (exact) mass is 425 g/mol. The predicted molar refractivity (Wildman–Crippen MR) is 105 cm³/mol. The number of carbonyl (C=O) groups excluding carboxylic acids is 1. The summed E-state index contributed by atoms with van der Waals surface area (Å²) in [7, 11) is 4.62. The molecule has 0 spiro atoms. The molecule has 0 aromatic heterocycles. The molecule has 7 heteroatoms. The zero-order chi connectivity index (χ0) is 18.2. The molecule has 0 bridgehead atoms. The third kappa shape index (κ3) is 5.57. The van der Waals surface area contributed by atoms with Crippen molar-refractivity contribution >= 4 is 39.3 Å². The molecule has 1 amide bonds. The van der Waals surface area contributed by atoms with Crippen molar-refractivity contribution in [2.24, 2.45) is 0 Å². The lowest BCUT2D eigenvalue weighted by atomic mass is 10.2. The van der Waals surface area contributed by atoms with E-state index in [0.29, 0.717) is 28.7 Å². The molecule has 0 atom stereocenters. The van der Waals surface area contributed by atoms with Gasteiger partial charge in [0.25, 0.3) is 0 Å². The Bertz CT molecular complexity index is 697. The fourth-order valence-corrected chi connectivity index (χ4v) is 3.24. The van der Waals surface area contributed by atoms with Crippen molar-refractivity contribution in [3.8, 4) is 17.2 Å². The zero-order valence-corrected chi connectivity index (χ0v) is 16.7. The molecule has 0 fully saturated rings. The lowest BCUT2D eigenvalue weighted by Gasteiger charge is -2.14. The molecule has 0 aliphatic rings. The second-order valence-corrected chi connectivity index (χ2v) is 6.98. The van der Waals surface area contributed by atoms with Gasteiger partial charge >= 0.3 is 0 Å². The minimum Gasteiger partial charge on any atom is -0.493 e. The standard InChI is InChI=1S/C18H20BrNO4S/c1-22-15-8-14(9-16(23-2)18(15)24-3)20-17(21)11-25-10-12-4-6-13(19)7-5-12/h4-9H,10-11H2,1-3H3,(H,20,21). The van der Waals surface area contributed by atoms with Gasteiger partial charge in [0.1, 0.15) is 0 Å². The van der Waals surface area contributed by atoms with Crippen molar-refractivity contribution in [3.63, 3.8) is 0 Å². The summed E-state index contributed by atoms with van der Waals surface area (Å²) in [5.41, 5.74) is 1.78. The van der Waals surface area contributed by atoms with Gasteiger partial charge in [0.05, 0.1) is 27.1 Å². The number of anilines is 1. The predicted octanol–water partition coefficient (Wildman–Crippen LogP) is 4.35. The van der Waals surface area contributed by atoms with Crippen molar-refractivity contribution < 1.29 is 19.0 Å². The van der Waals surface area contributed by atoms with E-state index in [-0.39, 0.29) is 5.91 Å². The van der Waals surface area contributed by atoms with Gasteiger partial charge in [0.15, 0.2) is 11.5 Å². The second-order valence-electron chi connectivity index (χ2n) is 5.08. The number of halogens is 1. The first kappa shape index (κ1) is 19.5. The molecule has 1 N–H and O–H groups in total. The summed E-state index contributed by atoms with van der Waals surface area (Å²) in [6.07, 6.45) is 0. The summed E-state index contributed by atoms with van der Waals surface area (Å²) in [6, 6.07) is 11.5. The molecule has 0 unspecified atom stereocenters. The van der Waals surface area contributed by atoms with Gasteiger partial charge in [-0.05, 0) is 17.7 Å². The fraction of sp³-hybridized carbons (Fsp3) is 0.278. The number of amides is 1. The Morgan fingerprint density at radius 3 is 2.16 bits per heavy atom. The molecule has 2 aromatic rings. The van der Waals surface area contributed by atoms with Crippen molar-refractivity contribution in [2.45, 2.75) is 5.75 Å². The van der Waals surface area contributed by atoms with Gasteiger partial charge in [-0.1, -0.05) is 28.1 Å². The van der Waals surface area contributed by atoms with Gasteiger partial charge in [0, 0.05) is 28.0 Å². The lowest BCUT2D eigenvalue weighted by molar-refractivity contribution is -0.113. The number of carbonyl (C=O) groups is 1. The summed E-state index contributed by atoms with van der Waals surface area (Å²) in [6.45, 7) is 0. The number of nitrogens with one attached hydrogen (secondary N) is 1. The Balaban J connectivity index is 1.94. The Hall–Kier alpha value is -1.86. The molecular weight excluding hydrogens is 406 g/mol. The van der Waals surface area contributed by atoms with E-state index in [1.807, 2.05) is 24.3 Å². The fourth-order valence-electron chi connectivity index (χ4n) is 2.19. The van der Waals surface area contributed by atoms with Crippen LogP contribution in [0.25, 0.3) is 0 Å². The second kappa shape index (κ2) is 9.58. The molecule has 0 aliphatic carbocycles. The van der Waals surface area contributed by atoms with Crippen LogP contribution < -0.4 is 19.5 Å². The van der Waals surface area contributed by atoms with E-state index in [1.165, 1.54) is 26.9 Å². The maximum atomic E-state index is 12.2. The molecule has 0 radical (unpaired) electrons. The van der Waals surface area contributed by atoms with Gasteiger partial charge in [-0.3, -0.25) is 4.79 Å². The molecule has 0 saturated carbocycles. The quantitative estimate of drug-likeness (QED) is 0.681. The summed E-state index contributed by atoms with van der Waals surface area (Å²) in [4.78, 5) is 12.2. The molecular formula is C18H20BrNO4S. The summed E-state index contributed by atoms with van der Waals surface area (Å²) in [5, 5.41) is 2.86. The SMILES string of the molecule is COc1cc(NC(=O)CSCc2ccc(Br)cc2)cc(OC)c1OC. The highest BCUT2D eigenvalue weighted by Crippen LogP contribution is 2.39. The number of methoxy groups -OCH3 is 3.